The largest absolute Gasteiger partial charge is 0.480 e. The molecule has 0 spiro atoms. The first kappa shape index (κ1) is 15.9. The van der Waals surface area contributed by atoms with Gasteiger partial charge in [0.05, 0.1) is 8.81 Å². The lowest BCUT2D eigenvalue weighted by Crippen LogP contribution is -2.41. The van der Waals surface area contributed by atoms with Crippen LogP contribution in [0, 0.1) is 0 Å². The van der Waals surface area contributed by atoms with Crippen LogP contribution in [0.4, 0.5) is 0 Å². The molecule has 9 heteroatoms. The highest BCUT2D eigenvalue weighted by atomic mass is 79.9. The van der Waals surface area contributed by atoms with Crippen LogP contribution in [-0.2, 0) is 14.8 Å². The summed E-state index contributed by atoms with van der Waals surface area (Å²) in [6.45, 7) is 1.61. The van der Waals surface area contributed by atoms with Gasteiger partial charge in [-0.25, -0.2) is 8.42 Å². The number of thiophene rings is 1. The van der Waals surface area contributed by atoms with E-state index in [1.54, 1.807) is 6.92 Å². The summed E-state index contributed by atoms with van der Waals surface area (Å²) in [5.74, 6) is -1.18. The molecule has 1 N–H and O–H groups in total. The highest BCUT2D eigenvalue weighted by molar-refractivity contribution is 9.11. The van der Waals surface area contributed by atoms with E-state index < -0.39 is 22.0 Å². The molecular formula is C9H11BrClNO4S2. The maximum absolute atomic E-state index is 12.2. The minimum absolute atomic E-state index is 0.0153. The Balaban J connectivity index is 3.17. The van der Waals surface area contributed by atoms with Gasteiger partial charge in [0.1, 0.15) is 10.3 Å². The number of rotatable bonds is 5. The predicted molar refractivity (Wildman–Crippen MR) is 73.7 cm³/mol. The fraction of sp³-hybridized carbons (Fsp3) is 0.444. The number of nitrogens with zero attached hydrogens (tertiary/aromatic N) is 1. The van der Waals surface area contributed by atoms with Gasteiger partial charge in [-0.05, 0) is 28.4 Å². The van der Waals surface area contributed by atoms with Gasteiger partial charge in [0.15, 0.2) is 0 Å². The van der Waals surface area contributed by atoms with Crippen molar-refractivity contribution < 1.29 is 18.3 Å². The van der Waals surface area contributed by atoms with Crippen molar-refractivity contribution in [2.45, 2.75) is 23.6 Å². The first-order valence-corrected chi connectivity index (χ1v) is 8.30. The number of carbonyl (C=O) groups is 1. The molecule has 1 aromatic heterocycles. The van der Waals surface area contributed by atoms with E-state index in [9.17, 15) is 13.2 Å². The van der Waals surface area contributed by atoms with Crippen LogP contribution < -0.4 is 0 Å². The van der Waals surface area contributed by atoms with Crippen LogP contribution in [-0.4, -0.2) is 36.9 Å². The molecule has 0 saturated carbocycles. The summed E-state index contributed by atoms with van der Waals surface area (Å²) < 4.78 is 25.8. The van der Waals surface area contributed by atoms with Gasteiger partial charge in [-0.2, -0.15) is 4.31 Å². The van der Waals surface area contributed by atoms with Crippen LogP contribution >= 0.6 is 38.9 Å². The first-order chi connectivity index (χ1) is 8.21. The van der Waals surface area contributed by atoms with Crippen molar-refractivity contribution in [2.24, 2.45) is 0 Å². The molecular weight excluding hydrogens is 366 g/mol. The van der Waals surface area contributed by atoms with Gasteiger partial charge < -0.3 is 5.11 Å². The highest BCUT2D eigenvalue weighted by Crippen LogP contribution is 2.36. The Hall–Kier alpha value is -0.150. The summed E-state index contributed by atoms with van der Waals surface area (Å²) in [5, 5.41) is 9.26. The van der Waals surface area contributed by atoms with E-state index in [-0.39, 0.29) is 15.7 Å². The lowest BCUT2D eigenvalue weighted by atomic mass is 10.2. The van der Waals surface area contributed by atoms with E-state index in [1.165, 1.54) is 13.1 Å². The number of aliphatic carboxylic acids is 1. The summed E-state index contributed by atoms with van der Waals surface area (Å²) >= 11 is 9.86. The Morgan fingerprint density at radius 1 is 1.67 bits per heavy atom. The molecule has 1 rings (SSSR count). The van der Waals surface area contributed by atoms with Gasteiger partial charge in [0.2, 0.25) is 0 Å². The average Bonchev–Trinajstić information content (AvgIpc) is 2.60. The SMILES string of the molecule is CCC(C(=O)O)N(C)S(=O)(=O)c1cc(Cl)c(Br)s1. The predicted octanol–water partition coefficient (Wildman–Crippen LogP) is 2.65. The normalized spacial score (nSPS) is 13.8. The van der Waals surface area contributed by atoms with E-state index in [2.05, 4.69) is 15.9 Å². The summed E-state index contributed by atoms with van der Waals surface area (Å²) in [6.07, 6.45) is 0.186. The van der Waals surface area contributed by atoms with Crippen molar-refractivity contribution >= 4 is 54.9 Å². The Kier molecular flexibility index (Phi) is 5.19. The van der Waals surface area contributed by atoms with Crippen LogP contribution in [0.5, 0.6) is 0 Å². The van der Waals surface area contributed by atoms with Gasteiger partial charge in [-0.1, -0.05) is 18.5 Å². The number of hydrogen-bond donors (Lipinski definition) is 1. The van der Waals surface area contributed by atoms with Crippen molar-refractivity contribution in [3.63, 3.8) is 0 Å². The zero-order chi connectivity index (χ0) is 14.1. The van der Waals surface area contributed by atoms with E-state index in [4.69, 9.17) is 16.7 Å². The van der Waals surface area contributed by atoms with Crippen LogP contribution in [0.15, 0.2) is 14.1 Å². The lowest BCUT2D eigenvalue weighted by Gasteiger charge is -2.22. The molecule has 1 unspecified atom stereocenters. The quantitative estimate of drug-likeness (QED) is 0.857. The highest BCUT2D eigenvalue weighted by Gasteiger charge is 2.33. The average molecular weight is 377 g/mol. The number of carboxylic acid groups (broad SMARTS) is 1. The molecule has 0 radical (unpaired) electrons. The van der Waals surface area contributed by atoms with E-state index in [0.29, 0.717) is 3.79 Å². The molecule has 0 amide bonds. The molecule has 5 nitrogen and oxygen atoms in total. The number of hydrogen-bond acceptors (Lipinski definition) is 4. The maximum atomic E-state index is 12.2. The monoisotopic (exact) mass is 375 g/mol. The second-order valence-corrected chi connectivity index (χ2v) is 8.47. The van der Waals surface area contributed by atoms with E-state index in [0.717, 1.165) is 15.6 Å². The topological polar surface area (TPSA) is 74.7 Å². The van der Waals surface area contributed by atoms with Crippen molar-refractivity contribution in [3.8, 4) is 0 Å². The summed E-state index contributed by atoms with van der Waals surface area (Å²) in [5.41, 5.74) is 0. The van der Waals surface area contributed by atoms with Crippen LogP contribution in [0.3, 0.4) is 0 Å². The van der Waals surface area contributed by atoms with Crippen molar-refractivity contribution in [1.82, 2.24) is 4.31 Å². The summed E-state index contributed by atoms with van der Waals surface area (Å²) in [7, 11) is -2.59. The molecule has 102 valence electrons. The minimum atomic E-state index is -3.84. The second kappa shape index (κ2) is 5.87. The third kappa shape index (κ3) is 3.05. The molecule has 1 aromatic rings. The third-order valence-electron chi connectivity index (χ3n) is 2.37. The van der Waals surface area contributed by atoms with Gasteiger partial charge in [0.25, 0.3) is 10.0 Å². The first-order valence-electron chi connectivity index (χ1n) is 4.87. The Morgan fingerprint density at radius 2 is 2.22 bits per heavy atom. The minimum Gasteiger partial charge on any atom is -0.480 e. The van der Waals surface area contributed by atoms with Crippen molar-refractivity contribution in [3.05, 3.63) is 14.9 Å². The molecule has 0 aliphatic carbocycles. The Morgan fingerprint density at radius 3 is 2.56 bits per heavy atom. The fourth-order valence-corrected chi connectivity index (χ4v) is 5.32. The van der Waals surface area contributed by atoms with Crippen molar-refractivity contribution in [1.29, 1.82) is 0 Å². The fourth-order valence-electron chi connectivity index (χ4n) is 1.35. The molecule has 0 bridgehead atoms. The molecule has 0 aliphatic heterocycles. The molecule has 0 aliphatic rings. The zero-order valence-corrected chi connectivity index (χ0v) is 13.5. The third-order valence-corrected chi connectivity index (χ3v) is 7.16. The van der Waals surface area contributed by atoms with Gasteiger partial charge in [0, 0.05) is 7.05 Å². The molecule has 1 heterocycles. The number of halogens is 2. The Labute approximate surface area is 123 Å². The molecule has 0 aromatic carbocycles. The van der Waals surface area contributed by atoms with Gasteiger partial charge in [-0.3, -0.25) is 4.79 Å². The molecule has 1 atom stereocenters. The molecule has 18 heavy (non-hydrogen) atoms. The van der Waals surface area contributed by atoms with Crippen LogP contribution in [0.25, 0.3) is 0 Å². The van der Waals surface area contributed by atoms with Crippen molar-refractivity contribution in [2.75, 3.05) is 7.05 Å². The van der Waals surface area contributed by atoms with Crippen LogP contribution in [0.1, 0.15) is 13.3 Å². The molecule has 0 fully saturated rings. The zero-order valence-electron chi connectivity index (χ0n) is 9.55. The molecule has 0 saturated heterocycles. The van der Waals surface area contributed by atoms with E-state index in [1.807, 2.05) is 0 Å². The number of sulfonamides is 1. The van der Waals surface area contributed by atoms with Gasteiger partial charge in [-0.15, -0.1) is 11.3 Å². The van der Waals surface area contributed by atoms with E-state index >= 15 is 0 Å². The number of carboxylic acids is 1. The second-order valence-electron chi connectivity index (χ2n) is 3.47. The lowest BCUT2D eigenvalue weighted by molar-refractivity contribution is -0.141. The summed E-state index contributed by atoms with van der Waals surface area (Å²) in [6, 6.07) is 0.214. The standard InChI is InChI=1S/C9H11BrClNO4S2/c1-3-6(9(13)14)12(2)18(15,16)7-4-5(11)8(10)17-7/h4,6H,3H2,1-2H3,(H,13,14). The van der Waals surface area contributed by atoms with Gasteiger partial charge >= 0.3 is 5.97 Å². The smallest absolute Gasteiger partial charge is 0.321 e. The van der Waals surface area contributed by atoms with Crippen LogP contribution in [0.2, 0.25) is 5.02 Å². The number of likely N-dealkylation sites (N-methyl/N-ethyl adjacent to an activating group) is 1. The maximum Gasteiger partial charge on any atom is 0.321 e. The Bertz CT molecular complexity index is 537. The summed E-state index contributed by atoms with van der Waals surface area (Å²) in [4.78, 5) is 11.0.